The maximum absolute atomic E-state index is 14.9. The molecule has 2 aliphatic heterocycles. The van der Waals surface area contributed by atoms with E-state index < -0.39 is 98.3 Å². The summed E-state index contributed by atoms with van der Waals surface area (Å²) in [6, 6.07) is 3.92. The standard InChI is InChI=1S/C43H54F3N3O10S/c1-8-57-35-23-47-37(30-14-13-28(56-7)18-32(30)35)58-29-19-33-34(50)22-42(39(53)48-60(54,55)41(6)15-16-41)21-27(42)12-10-9-11-25(2)17-26(3)31(38(52)49(33)24-29)20-36(51)59-40(4,5)43(44,45)46/h8,10,12-14,18,23,25-27,29,31,33H,1,9,11,15-17,19-22,24H2,2-7H3,(H,48,53)/b12-10-/t25-,26-,27-,29-,31+,33+,42-/m1/s1. The Kier molecular flexibility index (Phi) is 12.5. The highest BCUT2D eigenvalue weighted by Crippen LogP contribution is 2.58. The fourth-order valence-electron chi connectivity index (χ4n) is 8.38. The Balaban J connectivity index is 1.37. The summed E-state index contributed by atoms with van der Waals surface area (Å²) in [5.41, 5.74) is -4.23. The second kappa shape index (κ2) is 16.7. The molecule has 7 atom stereocenters. The van der Waals surface area contributed by atoms with Gasteiger partial charge in [-0.1, -0.05) is 32.6 Å². The molecule has 2 saturated carbocycles. The molecule has 4 aliphatic rings. The van der Waals surface area contributed by atoms with E-state index in [4.69, 9.17) is 18.9 Å². The highest BCUT2D eigenvalue weighted by Gasteiger charge is 2.63. The van der Waals surface area contributed by atoms with Gasteiger partial charge in [-0.25, -0.2) is 13.4 Å². The van der Waals surface area contributed by atoms with Gasteiger partial charge in [0.15, 0.2) is 11.5 Å². The van der Waals surface area contributed by atoms with E-state index >= 15 is 0 Å². The highest BCUT2D eigenvalue weighted by molar-refractivity contribution is 7.91. The average Bonchev–Trinajstić information content (AvgIpc) is 4.05. The van der Waals surface area contributed by atoms with Gasteiger partial charge in [-0.05, 0) is 95.2 Å². The van der Waals surface area contributed by atoms with Gasteiger partial charge in [-0.15, -0.1) is 0 Å². The van der Waals surface area contributed by atoms with E-state index in [1.165, 1.54) is 24.5 Å². The van der Waals surface area contributed by atoms with Crippen molar-refractivity contribution < 1.29 is 59.7 Å². The van der Waals surface area contributed by atoms with Crippen LogP contribution < -0.4 is 18.9 Å². The van der Waals surface area contributed by atoms with E-state index in [1.807, 2.05) is 19.1 Å². The minimum atomic E-state index is -4.88. The van der Waals surface area contributed by atoms with Gasteiger partial charge in [0.1, 0.15) is 11.9 Å². The lowest BCUT2D eigenvalue weighted by molar-refractivity contribution is -0.257. The van der Waals surface area contributed by atoms with E-state index in [0.717, 1.165) is 13.8 Å². The van der Waals surface area contributed by atoms with Crippen molar-refractivity contribution in [3.63, 3.8) is 0 Å². The summed E-state index contributed by atoms with van der Waals surface area (Å²) >= 11 is 0. The number of halogens is 3. The maximum atomic E-state index is 14.9. The lowest BCUT2D eigenvalue weighted by Gasteiger charge is -2.33. The van der Waals surface area contributed by atoms with Crippen LogP contribution in [0.25, 0.3) is 10.8 Å². The molecule has 2 amide bonds. The number of hydrogen-bond donors (Lipinski definition) is 1. The monoisotopic (exact) mass is 861 g/mol. The van der Waals surface area contributed by atoms with Crippen molar-refractivity contribution in [3.05, 3.63) is 49.4 Å². The summed E-state index contributed by atoms with van der Waals surface area (Å²) < 4.78 is 91.4. The Morgan fingerprint density at radius 1 is 1.12 bits per heavy atom. The van der Waals surface area contributed by atoms with E-state index in [-0.39, 0.29) is 31.2 Å². The van der Waals surface area contributed by atoms with E-state index in [1.54, 1.807) is 32.0 Å². The summed E-state index contributed by atoms with van der Waals surface area (Å²) in [7, 11) is -2.54. The summed E-state index contributed by atoms with van der Waals surface area (Å²) in [6.07, 6.45) is 2.21. The predicted molar refractivity (Wildman–Crippen MR) is 214 cm³/mol. The number of Topliss-reactive ketones (excluding diaryl/α,β-unsaturated/α-hetero) is 1. The number of esters is 1. The zero-order chi connectivity index (χ0) is 44.0. The van der Waals surface area contributed by atoms with Crippen LogP contribution in [0.1, 0.15) is 92.4 Å². The van der Waals surface area contributed by atoms with Crippen molar-refractivity contribution in [1.82, 2.24) is 14.6 Å². The quantitative estimate of drug-likeness (QED) is 0.141. The largest absolute Gasteiger partial charge is 0.497 e. The van der Waals surface area contributed by atoms with E-state index in [9.17, 15) is 40.8 Å². The third-order valence-corrected chi connectivity index (χ3v) is 14.9. The predicted octanol–water partition coefficient (Wildman–Crippen LogP) is 6.98. The Morgan fingerprint density at radius 3 is 2.48 bits per heavy atom. The van der Waals surface area contributed by atoms with Gasteiger partial charge in [0, 0.05) is 23.6 Å². The number of nitrogens with zero attached hydrogens (tertiary/aromatic N) is 2. The number of ketones is 1. The highest BCUT2D eigenvalue weighted by atomic mass is 32.2. The number of carbonyl (C=O) groups is 4. The molecule has 3 fully saturated rings. The van der Waals surface area contributed by atoms with Crippen LogP contribution in [0.15, 0.2) is 49.4 Å². The Hall–Kier alpha value is -4.67. The van der Waals surface area contributed by atoms with Crippen molar-refractivity contribution in [2.45, 2.75) is 121 Å². The number of alkyl halides is 3. The number of nitrogens with one attached hydrogen (secondary N) is 1. The average molecular weight is 862 g/mol. The van der Waals surface area contributed by atoms with Crippen LogP contribution in [0, 0.1) is 29.1 Å². The van der Waals surface area contributed by atoms with E-state index in [0.29, 0.717) is 54.4 Å². The molecule has 0 unspecified atom stereocenters. The van der Waals surface area contributed by atoms with Crippen LogP contribution in [0.5, 0.6) is 17.4 Å². The molecule has 1 aromatic heterocycles. The Morgan fingerprint density at radius 2 is 1.83 bits per heavy atom. The second-order valence-electron chi connectivity index (χ2n) is 17.7. The lowest BCUT2D eigenvalue weighted by atomic mass is 9.82. The van der Waals surface area contributed by atoms with Crippen LogP contribution in [-0.4, -0.2) is 84.2 Å². The number of benzene rings is 1. The summed E-state index contributed by atoms with van der Waals surface area (Å²) in [5.74, 6) is -4.31. The van der Waals surface area contributed by atoms with Gasteiger partial charge in [0.05, 0.1) is 54.7 Å². The van der Waals surface area contributed by atoms with Crippen LogP contribution >= 0.6 is 0 Å². The number of aromatic nitrogens is 1. The third-order valence-electron chi connectivity index (χ3n) is 12.7. The molecule has 6 rings (SSSR count). The minimum Gasteiger partial charge on any atom is -0.497 e. The number of hydrogen-bond acceptors (Lipinski definition) is 11. The fourth-order valence-corrected chi connectivity index (χ4v) is 9.71. The number of sulfonamides is 1. The molecule has 1 N–H and O–H groups in total. The van der Waals surface area contributed by atoms with Crippen LogP contribution in [-0.2, 0) is 33.9 Å². The minimum absolute atomic E-state index is 0.00233. The number of carbonyl (C=O) groups excluding carboxylic acids is 4. The number of methoxy groups -OCH3 is 1. The molecule has 0 spiro atoms. The lowest BCUT2D eigenvalue weighted by Crippen LogP contribution is -2.48. The van der Waals surface area contributed by atoms with Gasteiger partial charge in [-0.2, -0.15) is 13.2 Å². The molecule has 1 aromatic carbocycles. The molecule has 3 heterocycles. The van der Waals surface area contributed by atoms with Crippen molar-refractivity contribution in [3.8, 4) is 17.4 Å². The fraction of sp³-hybridized carbons (Fsp3) is 0.605. The molecule has 60 heavy (non-hydrogen) atoms. The molecule has 0 radical (unpaired) electrons. The zero-order valence-corrected chi connectivity index (χ0v) is 35.6. The summed E-state index contributed by atoms with van der Waals surface area (Å²) in [5, 5.41) is 1.08. The van der Waals surface area contributed by atoms with Crippen molar-refractivity contribution in [2.75, 3.05) is 13.7 Å². The van der Waals surface area contributed by atoms with E-state index in [2.05, 4.69) is 16.3 Å². The van der Waals surface area contributed by atoms with Crippen molar-refractivity contribution in [2.24, 2.45) is 29.1 Å². The van der Waals surface area contributed by atoms with Gasteiger partial charge < -0.3 is 23.8 Å². The first-order valence-electron chi connectivity index (χ1n) is 20.3. The Bertz CT molecular complexity index is 2170. The molecule has 2 aromatic rings. The topological polar surface area (TPSA) is 167 Å². The molecule has 2 aliphatic carbocycles. The van der Waals surface area contributed by atoms with Crippen molar-refractivity contribution >= 4 is 44.4 Å². The summed E-state index contributed by atoms with van der Waals surface area (Å²) in [4.78, 5) is 62.7. The molecule has 13 nitrogen and oxygen atoms in total. The van der Waals surface area contributed by atoms with Crippen molar-refractivity contribution in [1.29, 1.82) is 0 Å². The second-order valence-corrected chi connectivity index (χ2v) is 19.9. The zero-order valence-electron chi connectivity index (χ0n) is 34.8. The molecule has 17 heteroatoms. The number of pyridine rings is 1. The smallest absolute Gasteiger partial charge is 0.427 e. The SMILES string of the molecule is C=COc1cnc(O[C@@H]2C[C@H]3C(=O)C[C@]4(C(=O)NS(=O)(=O)C5(C)CC5)C[C@H]4/C=C\CC[C@@H](C)C[C@@H](C)[C@H](CC(=O)OC(C)(C)C(F)(F)F)C(=O)N3C2)c2ccc(OC)cc12. The maximum Gasteiger partial charge on any atom is 0.427 e. The number of amides is 2. The van der Waals surface area contributed by atoms with Gasteiger partial charge >= 0.3 is 12.1 Å². The van der Waals surface area contributed by atoms with Gasteiger partial charge in [0.25, 0.3) is 0 Å². The number of fused-ring (bicyclic) bond motifs is 3. The van der Waals surface area contributed by atoms with Crippen LogP contribution in [0.3, 0.4) is 0 Å². The number of allylic oxidation sites excluding steroid dienone is 2. The van der Waals surface area contributed by atoms with Gasteiger partial charge in [0.2, 0.25) is 33.3 Å². The van der Waals surface area contributed by atoms with Crippen LogP contribution in [0.4, 0.5) is 13.2 Å². The third kappa shape index (κ3) is 9.15. The van der Waals surface area contributed by atoms with Crippen LogP contribution in [0.2, 0.25) is 0 Å². The number of rotatable bonds is 11. The molecular weight excluding hydrogens is 808 g/mol. The number of ether oxygens (including phenoxy) is 4. The first-order chi connectivity index (χ1) is 28.0. The molecule has 1 saturated heterocycles. The first-order valence-corrected chi connectivity index (χ1v) is 21.8. The molecular formula is C43H54F3N3O10S. The first kappa shape index (κ1) is 44.9. The van der Waals surface area contributed by atoms with Gasteiger partial charge in [-0.3, -0.25) is 23.9 Å². The molecule has 0 bridgehead atoms. The summed E-state index contributed by atoms with van der Waals surface area (Å²) in [6.45, 7) is 10.2. The Labute approximate surface area is 348 Å². The normalized spacial score (nSPS) is 28.9. The molecule has 328 valence electrons.